The average Bonchev–Trinajstić information content (AvgIpc) is 3.17. The van der Waals surface area contributed by atoms with E-state index in [-0.39, 0.29) is 5.75 Å². The average molecular weight is 416 g/mol. The van der Waals surface area contributed by atoms with Crippen LogP contribution in [0.25, 0.3) is 22.2 Å². The second-order valence-corrected chi connectivity index (χ2v) is 7.90. The van der Waals surface area contributed by atoms with Gasteiger partial charge in [0.25, 0.3) is 0 Å². The molecular weight excluding hydrogens is 390 g/mol. The number of anilines is 2. The molecule has 0 radical (unpaired) electrons. The van der Waals surface area contributed by atoms with Gasteiger partial charge in [-0.25, -0.2) is 0 Å². The van der Waals surface area contributed by atoms with Crippen LogP contribution < -0.4 is 10.6 Å². The Morgan fingerprint density at radius 1 is 1.00 bits per heavy atom. The molecule has 0 saturated carbocycles. The molecule has 158 valence electrons. The lowest BCUT2D eigenvalue weighted by Gasteiger charge is -2.36. The van der Waals surface area contributed by atoms with E-state index in [4.69, 9.17) is 5.73 Å². The molecule has 5 rings (SSSR count). The van der Waals surface area contributed by atoms with Gasteiger partial charge in [0.15, 0.2) is 5.82 Å². The topological polar surface area (TPSA) is 96.3 Å². The molecule has 0 unspecified atom stereocenters. The van der Waals surface area contributed by atoms with Gasteiger partial charge in [-0.3, -0.25) is 9.58 Å². The second-order valence-electron chi connectivity index (χ2n) is 7.90. The van der Waals surface area contributed by atoms with Crippen LogP contribution in [0.4, 0.5) is 11.5 Å². The van der Waals surface area contributed by atoms with E-state index in [1.807, 2.05) is 36.1 Å². The predicted molar refractivity (Wildman–Crippen MR) is 122 cm³/mol. The first kappa shape index (κ1) is 19.3. The third-order valence-electron chi connectivity index (χ3n) is 5.97. The van der Waals surface area contributed by atoms with E-state index in [1.165, 1.54) is 10.9 Å². The second kappa shape index (κ2) is 7.88. The fraction of sp³-hybridized carbons (Fsp3) is 0.261. The number of aryl methyl sites for hydroxylation is 1. The number of fused-ring (bicyclic) bond motifs is 1. The van der Waals surface area contributed by atoms with Crippen molar-refractivity contribution in [2.24, 2.45) is 7.05 Å². The molecule has 1 fully saturated rings. The number of rotatable bonds is 4. The molecule has 2 aromatic carbocycles. The maximum atomic E-state index is 10.2. The molecule has 8 heteroatoms. The Kier molecular flexibility index (Phi) is 4.91. The molecule has 3 N–H and O–H groups in total. The number of aromatic nitrogens is 4. The zero-order valence-electron chi connectivity index (χ0n) is 17.4. The minimum absolute atomic E-state index is 0.182. The largest absolute Gasteiger partial charge is 0.507 e. The van der Waals surface area contributed by atoms with Gasteiger partial charge in [-0.2, -0.15) is 5.10 Å². The third-order valence-corrected chi connectivity index (χ3v) is 5.97. The Bertz CT molecular complexity index is 1230. The van der Waals surface area contributed by atoms with Crippen molar-refractivity contribution < 1.29 is 5.11 Å². The van der Waals surface area contributed by atoms with Crippen LogP contribution in [0.2, 0.25) is 0 Å². The third kappa shape index (κ3) is 3.66. The Balaban J connectivity index is 1.31. The van der Waals surface area contributed by atoms with Crippen molar-refractivity contribution in [2.45, 2.75) is 6.54 Å². The van der Waals surface area contributed by atoms with Gasteiger partial charge in [0.05, 0.1) is 23.1 Å². The molecule has 2 aromatic heterocycles. The van der Waals surface area contributed by atoms with Crippen molar-refractivity contribution in [3.05, 3.63) is 60.3 Å². The number of nitrogens with zero attached hydrogens (tertiary/aromatic N) is 6. The predicted octanol–water partition coefficient (Wildman–Crippen LogP) is 2.64. The number of phenolic OH excluding ortho intramolecular Hbond substituents is 1. The van der Waals surface area contributed by atoms with Gasteiger partial charge >= 0.3 is 0 Å². The van der Waals surface area contributed by atoms with Gasteiger partial charge in [0.1, 0.15) is 5.75 Å². The van der Waals surface area contributed by atoms with E-state index in [0.29, 0.717) is 17.1 Å². The molecule has 0 amide bonds. The van der Waals surface area contributed by atoms with Crippen LogP contribution in [0.1, 0.15) is 5.56 Å². The van der Waals surface area contributed by atoms with E-state index in [2.05, 4.69) is 43.3 Å². The molecule has 8 nitrogen and oxygen atoms in total. The summed E-state index contributed by atoms with van der Waals surface area (Å²) in [7, 11) is 1.97. The maximum absolute atomic E-state index is 10.2. The van der Waals surface area contributed by atoms with Gasteiger partial charge in [-0.15, -0.1) is 10.2 Å². The fourth-order valence-electron chi connectivity index (χ4n) is 4.23. The normalized spacial score (nSPS) is 14.9. The van der Waals surface area contributed by atoms with E-state index in [0.717, 1.165) is 43.9 Å². The minimum atomic E-state index is 0.182. The summed E-state index contributed by atoms with van der Waals surface area (Å²) in [4.78, 5) is 4.70. The highest BCUT2D eigenvalue weighted by Gasteiger charge is 2.21. The van der Waals surface area contributed by atoms with E-state index >= 15 is 0 Å². The molecule has 1 aliphatic heterocycles. The number of nitrogen functional groups attached to an aromatic ring is 1. The Labute approximate surface area is 180 Å². The minimum Gasteiger partial charge on any atom is -0.507 e. The molecule has 4 aromatic rings. The van der Waals surface area contributed by atoms with Gasteiger partial charge < -0.3 is 15.7 Å². The monoisotopic (exact) mass is 415 g/mol. The van der Waals surface area contributed by atoms with E-state index in [1.54, 1.807) is 12.1 Å². The van der Waals surface area contributed by atoms with Gasteiger partial charge in [0.2, 0.25) is 0 Å². The van der Waals surface area contributed by atoms with Crippen molar-refractivity contribution in [1.29, 1.82) is 0 Å². The maximum Gasteiger partial charge on any atom is 0.169 e. The Hall–Kier alpha value is -3.65. The lowest BCUT2D eigenvalue weighted by atomic mass is 10.1. The highest BCUT2D eigenvalue weighted by molar-refractivity contribution is 5.82. The Morgan fingerprint density at radius 3 is 2.61 bits per heavy atom. The highest BCUT2D eigenvalue weighted by atomic mass is 16.3. The SMILES string of the molecule is Cn1ncc2c(CN3CCN(c4cc(-c5ccccc5O)nnc4N)CC3)cccc21. The van der Waals surface area contributed by atoms with Crippen LogP contribution in [0.5, 0.6) is 5.75 Å². The van der Waals surface area contributed by atoms with Crippen LogP contribution in [0.15, 0.2) is 54.7 Å². The zero-order chi connectivity index (χ0) is 21.4. The van der Waals surface area contributed by atoms with Gasteiger partial charge in [-0.1, -0.05) is 24.3 Å². The first-order valence-electron chi connectivity index (χ1n) is 10.4. The lowest BCUT2D eigenvalue weighted by molar-refractivity contribution is 0.251. The molecule has 0 spiro atoms. The summed E-state index contributed by atoms with van der Waals surface area (Å²) in [6, 6.07) is 15.4. The summed E-state index contributed by atoms with van der Waals surface area (Å²) in [5.41, 5.74) is 10.7. The molecule has 0 aliphatic carbocycles. The number of nitrogens with two attached hydrogens (primary N) is 1. The van der Waals surface area contributed by atoms with Gasteiger partial charge in [-0.05, 0) is 29.8 Å². The number of hydrogen-bond acceptors (Lipinski definition) is 7. The molecule has 31 heavy (non-hydrogen) atoms. The number of benzene rings is 2. The molecule has 0 bridgehead atoms. The molecule has 0 atom stereocenters. The quantitative estimate of drug-likeness (QED) is 0.529. The van der Waals surface area contributed by atoms with Crippen LogP contribution in [-0.4, -0.2) is 56.2 Å². The molecule has 1 saturated heterocycles. The van der Waals surface area contributed by atoms with Gasteiger partial charge in [0, 0.05) is 50.7 Å². The molecular formula is C23H25N7O. The number of hydrogen-bond donors (Lipinski definition) is 2. The summed E-state index contributed by atoms with van der Waals surface area (Å²) < 4.78 is 1.91. The Morgan fingerprint density at radius 2 is 1.81 bits per heavy atom. The first-order chi connectivity index (χ1) is 15.1. The van der Waals surface area contributed by atoms with Crippen molar-refractivity contribution in [3.63, 3.8) is 0 Å². The van der Waals surface area contributed by atoms with Crippen molar-refractivity contribution >= 4 is 22.4 Å². The van der Waals surface area contributed by atoms with Crippen molar-refractivity contribution in [2.75, 3.05) is 36.8 Å². The van der Waals surface area contributed by atoms with Crippen LogP contribution >= 0.6 is 0 Å². The summed E-state index contributed by atoms with van der Waals surface area (Å²) in [5.74, 6) is 0.592. The van der Waals surface area contributed by atoms with Crippen molar-refractivity contribution in [1.82, 2.24) is 24.9 Å². The van der Waals surface area contributed by atoms with E-state index < -0.39 is 0 Å². The smallest absolute Gasteiger partial charge is 0.169 e. The zero-order valence-corrected chi connectivity index (χ0v) is 17.4. The molecule has 3 heterocycles. The summed E-state index contributed by atoms with van der Waals surface area (Å²) in [5, 5.41) is 24.1. The van der Waals surface area contributed by atoms with Crippen LogP contribution in [0.3, 0.4) is 0 Å². The van der Waals surface area contributed by atoms with Crippen LogP contribution in [0, 0.1) is 0 Å². The molecule has 1 aliphatic rings. The standard InChI is InChI=1S/C23H25N7O/c1-28-20-7-4-5-16(18(20)14-25-28)15-29-9-11-30(12-10-29)21-13-19(26-27-23(21)24)17-6-2-3-8-22(17)31/h2-8,13-14,31H,9-12,15H2,1H3,(H2,24,27). The summed E-state index contributed by atoms with van der Waals surface area (Å²) in [6.45, 7) is 4.43. The number of piperazine rings is 1. The number of para-hydroxylation sites is 1. The first-order valence-corrected chi connectivity index (χ1v) is 10.4. The fourth-order valence-corrected chi connectivity index (χ4v) is 4.23. The lowest BCUT2D eigenvalue weighted by Crippen LogP contribution is -2.46. The number of phenols is 1. The van der Waals surface area contributed by atoms with Crippen LogP contribution in [-0.2, 0) is 13.6 Å². The van der Waals surface area contributed by atoms with E-state index in [9.17, 15) is 5.11 Å². The number of aromatic hydroxyl groups is 1. The van der Waals surface area contributed by atoms with Crippen molar-refractivity contribution in [3.8, 4) is 17.0 Å². The summed E-state index contributed by atoms with van der Waals surface area (Å²) in [6.07, 6.45) is 1.95. The highest BCUT2D eigenvalue weighted by Crippen LogP contribution is 2.31. The summed E-state index contributed by atoms with van der Waals surface area (Å²) >= 11 is 0.